The molecule has 2 N–H and O–H groups in total. The van der Waals surface area contributed by atoms with Gasteiger partial charge < -0.3 is 5.32 Å². The van der Waals surface area contributed by atoms with Gasteiger partial charge in [-0.15, -0.1) is 11.3 Å². The predicted octanol–water partition coefficient (Wildman–Crippen LogP) is 2.38. The first kappa shape index (κ1) is 9.23. The summed E-state index contributed by atoms with van der Waals surface area (Å²) >= 11 is 7.10. The molecule has 0 unspecified atom stereocenters. The molecule has 2 aromatic rings. The van der Waals surface area contributed by atoms with E-state index in [2.05, 4.69) is 15.5 Å². The first-order valence-electron chi connectivity index (χ1n) is 3.81. The molecule has 72 valence electrons. The van der Waals surface area contributed by atoms with Crippen molar-refractivity contribution < 1.29 is 4.79 Å². The van der Waals surface area contributed by atoms with Gasteiger partial charge >= 0.3 is 0 Å². The van der Waals surface area contributed by atoms with E-state index in [1.165, 1.54) is 11.3 Å². The van der Waals surface area contributed by atoms with Gasteiger partial charge in [-0.2, -0.15) is 5.10 Å². The summed E-state index contributed by atoms with van der Waals surface area (Å²) in [6.45, 7) is 0. The van der Waals surface area contributed by atoms with Gasteiger partial charge in [0.05, 0.1) is 11.2 Å². The van der Waals surface area contributed by atoms with Gasteiger partial charge in [-0.05, 0) is 11.4 Å². The van der Waals surface area contributed by atoms with Crippen molar-refractivity contribution in [3.05, 3.63) is 33.6 Å². The van der Waals surface area contributed by atoms with Gasteiger partial charge in [-0.1, -0.05) is 11.6 Å². The number of halogens is 1. The van der Waals surface area contributed by atoms with Crippen LogP contribution in [0, 0.1) is 0 Å². The van der Waals surface area contributed by atoms with Crippen molar-refractivity contribution in [2.24, 2.45) is 0 Å². The van der Waals surface area contributed by atoms with Crippen LogP contribution < -0.4 is 5.32 Å². The molecule has 2 heterocycles. The maximum Gasteiger partial charge on any atom is 0.268 e. The van der Waals surface area contributed by atoms with Crippen LogP contribution in [0.2, 0.25) is 5.02 Å². The smallest absolute Gasteiger partial charge is 0.268 e. The highest BCUT2D eigenvalue weighted by molar-refractivity contribution is 7.12. The number of H-pyrrole nitrogens is 1. The second kappa shape index (κ2) is 3.81. The first-order chi connectivity index (χ1) is 6.77. The number of hydrogen-bond acceptors (Lipinski definition) is 3. The summed E-state index contributed by atoms with van der Waals surface area (Å²) in [5.41, 5.74) is 0. The fourth-order valence-corrected chi connectivity index (χ4v) is 2.00. The Kier molecular flexibility index (Phi) is 2.51. The maximum atomic E-state index is 11.6. The standard InChI is InChI=1S/C8H6ClN3OS/c9-5-2-4-14-7(5)8(13)11-6-1-3-10-12-6/h1-4H,(H2,10,11,12,13). The Labute approximate surface area is 88.9 Å². The minimum absolute atomic E-state index is 0.228. The summed E-state index contributed by atoms with van der Waals surface area (Å²) in [6, 6.07) is 3.35. The van der Waals surface area contributed by atoms with Crippen LogP contribution in [-0.2, 0) is 0 Å². The van der Waals surface area contributed by atoms with Gasteiger partial charge in [0.2, 0.25) is 0 Å². The van der Waals surface area contributed by atoms with Crippen LogP contribution in [0.25, 0.3) is 0 Å². The molecule has 0 aromatic carbocycles. The molecule has 0 spiro atoms. The number of carbonyl (C=O) groups excluding carboxylic acids is 1. The van der Waals surface area contributed by atoms with Crippen LogP contribution in [0.5, 0.6) is 0 Å². The molecule has 0 bridgehead atoms. The SMILES string of the molecule is O=C(Nc1ccn[nH]1)c1sccc1Cl. The van der Waals surface area contributed by atoms with E-state index in [4.69, 9.17) is 11.6 Å². The molecule has 0 atom stereocenters. The number of hydrogen-bond donors (Lipinski definition) is 2. The number of aromatic nitrogens is 2. The van der Waals surface area contributed by atoms with Crippen molar-refractivity contribution in [3.63, 3.8) is 0 Å². The van der Waals surface area contributed by atoms with E-state index in [0.717, 1.165) is 0 Å². The normalized spacial score (nSPS) is 10.1. The Morgan fingerprint density at radius 2 is 2.43 bits per heavy atom. The largest absolute Gasteiger partial charge is 0.306 e. The molecule has 1 amide bonds. The number of nitrogens with zero attached hydrogens (tertiary/aromatic N) is 1. The molecule has 0 aliphatic heterocycles. The summed E-state index contributed by atoms with van der Waals surface area (Å²) in [7, 11) is 0. The van der Waals surface area contributed by atoms with Crippen molar-refractivity contribution >= 4 is 34.7 Å². The lowest BCUT2D eigenvalue weighted by molar-refractivity contribution is 0.103. The third-order valence-corrected chi connectivity index (χ3v) is 2.91. The van der Waals surface area contributed by atoms with Crippen LogP contribution in [-0.4, -0.2) is 16.1 Å². The van der Waals surface area contributed by atoms with Gasteiger partial charge in [0.1, 0.15) is 10.7 Å². The van der Waals surface area contributed by atoms with Crippen molar-refractivity contribution in [2.45, 2.75) is 0 Å². The van der Waals surface area contributed by atoms with Gasteiger partial charge in [0, 0.05) is 6.07 Å². The molecule has 0 saturated carbocycles. The number of carbonyl (C=O) groups is 1. The minimum Gasteiger partial charge on any atom is -0.306 e. The Hall–Kier alpha value is -1.33. The predicted molar refractivity (Wildman–Crippen MR) is 55.9 cm³/mol. The molecule has 0 aliphatic carbocycles. The topological polar surface area (TPSA) is 57.8 Å². The summed E-state index contributed by atoms with van der Waals surface area (Å²) in [5, 5.41) is 11.2. The summed E-state index contributed by atoms with van der Waals surface area (Å²) in [5.74, 6) is 0.328. The van der Waals surface area contributed by atoms with Gasteiger partial charge in [-0.25, -0.2) is 0 Å². The first-order valence-corrected chi connectivity index (χ1v) is 5.07. The highest BCUT2D eigenvalue weighted by Gasteiger charge is 2.11. The Balaban J connectivity index is 2.14. The molecule has 14 heavy (non-hydrogen) atoms. The van der Waals surface area contributed by atoms with Gasteiger partial charge in [0.25, 0.3) is 5.91 Å². The highest BCUT2D eigenvalue weighted by atomic mass is 35.5. The van der Waals surface area contributed by atoms with E-state index in [1.54, 1.807) is 23.7 Å². The molecule has 0 saturated heterocycles. The average molecular weight is 228 g/mol. The van der Waals surface area contributed by atoms with E-state index >= 15 is 0 Å². The van der Waals surface area contributed by atoms with Crippen LogP contribution in [0.15, 0.2) is 23.7 Å². The number of aromatic amines is 1. The van der Waals surface area contributed by atoms with Crippen LogP contribution in [0.3, 0.4) is 0 Å². The molecule has 4 nitrogen and oxygen atoms in total. The number of rotatable bonds is 2. The van der Waals surface area contributed by atoms with E-state index < -0.39 is 0 Å². The van der Waals surface area contributed by atoms with Crippen molar-refractivity contribution in [2.75, 3.05) is 5.32 Å². The maximum absolute atomic E-state index is 11.6. The van der Waals surface area contributed by atoms with Crippen LogP contribution in [0.1, 0.15) is 9.67 Å². The highest BCUT2D eigenvalue weighted by Crippen LogP contribution is 2.22. The Bertz CT molecular complexity index is 437. The van der Waals surface area contributed by atoms with Gasteiger partial charge in [-0.3, -0.25) is 9.89 Å². The fraction of sp³-hybridized carbons (Fsp3) is 0. The van der Waals surface area contributed by atoms with Crippen molar-refractivity contribution in [1.82, 2.24) is 10.2 Å². The second-order valence-electron chi connectivity index (χ2n) is 2.52. The monoisotopic (exact) mass is 227 g/mol. The lowest BCUT2D eigenvalue weighted by Gasteiger charge is -1.99. The zero-order valence-corrected chi connectivity index (χ0v) is 8.52. The third-order valence-electron chi connectivity index (χ3n) is 1.57. The van der Waals surface area contributed by atoms with Crippen LogP contribution >= 0.6 is 22.9 Å². The van der Waals surface area contributed by atoms with E-state index in [-0.39, 0.29) is 5.91 Å². The Morgan fingerprint density at radius 1 is 1.57 bits per heavy atom. The lowest BCUT2D eigenvalue weighted by Crippen LogP contribution is -2.10. The number of nitrogens with one attached hydrogen (secondary N) is 2. The molecule has 0 aliphatic rings. The quantitative estimate of drug-likeness (QED) is 0.828. The number of anilines is 1. The second-order valence-corrected chi connectivity index (χ2v) is 3.85. The molecule has 0 radical (unpaired) electrons. The Morgan fingerprint density at radius 3 is 3.00 bits per heavy atom. The van der Waals surface area contributed by atoms with Gasteiger partial charge in [0.15, 0.2) is 0 Å². The molecule has 0 fully saturated rings. The summed E-state index contributed by atoms with van der Waals surface area (Å²) in [4.78, 5) is 12.1. The zero-order chi connectivity index (χ0) is 9.97. The van der Waals surface area contributed by atoms with E-state index in [9.17, 15) is 4.79 Å². The van der Waals surface area contributed by atoms with E-state index in [0.29, 0.717) is 15.7 Å². The molecule has 2 rings (SSSR count). The molecular formula is C8H6ClN3OS. The summed E-state index contributed by atoms with van der Waals surface area (Å²) in [6.07, 6.45) is 1.56. The van der Waals surface area contributed by atoms with E-state index in [1.807, 2.05) is 0 Å². The van der Waals surface area contributed by atoms with Crippen LogP contribution in [0.4, 0.5) is 5.82 Å². The minimum atomic E-state index is -0.228. The average Bonchev–Trinajstić information content (AvgIpc) is 2.75. The number of amides is 1. The lowest BCUT2D eigenvalue weighted by atomic mass is 10.4. The fourth-order valence-electron chi connectivity index (χ4n) is 0.960. The summed E-state index contributed by atoms with van der Waals surface area (Å²) < 4.78 is 0. The van der Waals surface area contributed by atoms with Crippen molar-refractivity contribution in [1.29, 1.82) is 0 Å². The molecule has 2 aromatic heterocycles. The third kappa shape index (κ3) is 1.78. The zero-order valence-electron chi connectivity index (χ0n) is 6.95. The molecule has 6 heteroatoms. The van der Waals surface area contributed by atoms with Crippen molar-refractivity contribution in [3.8, 4) is 0 Å². The number of thiophene rings is 1. The molecular weight excluding hydrogens is 222 g/mol.